The molecule has 0 bridgehead atoms. The quantitative estimate of drug-likeness (QED) is 0.158. The number of benzene rings is 11. The van der Waals surface area contributed by atoms with E-state index in [2.05, 4.69) is 206 Å². The molecule has 11 aromatic carbocycles. The first-order valence-electron chi connectivity index (χ1n) is 20.3. The van der Waals surface area contributed by atoms with E-state index >= 15 is 0 Å². The largest absolute Gasteiger partial charge is 0.0622 e. The highest BCUT2D eigenvalue weighted by Crippen LogP contribution is 2.56. The first-order chi connectivity index (χ1) is 28.8. The minimum Gasteiger partial charge on any atom is -0.0622 e. The maximum atomic E-state index is 2.41. The van der Waals surface area contributed by atoms with Gasteiger partial charge in [-0.25, -0.2) is 0 Å². The summed E-state index contributed by atoms with van der Waals surface area (Å²) in [6, 6.07) is 77.1. The Morgan fingerprint density at radius 1 is 0.155 bits per heavy atom. The molecule has 0 unspecified atom stereocenters. The van der Waals surface area contributed by atoms with Crippen LogP contribution in [-0.4, -0.2) is 0 Å². The van der Waals surface area contributed by atoms with Crippen molar-refractivity contribution in [3.8, 4) is 89.0 Å². The third-order valence-corrected chi connectivity index (χ3v) is 13.0. The minimum absolute atomic E-state index is 1.22. The van der Waals surface area contributed by atoms with Crippen molar-refractivity contribution < 1.29 is 0 Å². The summed E-state index contributed by atoms with van der Waals surface area (Å²) in [6.07, 6.45) is 0. The van der Waals surface area contributed by atoms with Gasteiger partial charge >= 0.3 is 0 Å². The van der Waals surface area contributed by atoms with Gasteiger partial charge in [-0.15, -0.1) is 0 Å². The van der Waals surface area contributed by atoms with E-state index in [1.54, 1.807) is 0 Å². The van der Waals surface area contributed by atoms with Crippen LogP contribution in [0.25, 0.3) is 132 Å². The SMILES string of the molecule is c1ccc(-c2cccc3c(-c4ccc5c6c(cccc46)-c4ccccc4-5)c4c(-c5ccccc5)cccc4c(-c4ccc5c6c(cccc46)-c4ccccc4-5)c23)cc1. The van der Waals surface area contributed by atoms with Gasteiger partial charge in [-0.05, 0) is 132 Å². The van der Waals surface area contributed by atoms with Crippen LogP contribution in [0.15, 0.2) is 206 Å². The molecule has 0 heterocycles. The average molecular weight is 731 g/mol. The highest BCUT2D eigenvalue weighted by molar-refractivity contribution is 6.32. The first kappa shape index (κ1) is 31.6. The summed E-state index contributed by atoms with van der Waals surface area (Å²) in [7, 11) is 0. The molecule has 2 aliphatic carbocycles. The molecule has 0 atom stereocenters. The van der Waals surface area contributed by atoms with Crippen molar-refractivity contribution in [1.29, 1.82) is 0 Å². The van der Waals surface area contributed by atoms with Crippen LogP contribution in [0.2, 0.25) is 0 Å². The molecule has 58 heavy (non-hydrogen) atoms. The second-order valence-corrected chi connectivity index (χ2v) is 15.8. The van der Waals surface area contributed by atoms with Gasteiger partial charge in [-0.1, -0.05) is 206 Å². The Bertz CT molecular complexity index is 3240. The van der Waals surface area contributed by atoms with Crippen molar-refractivity contribution >= 4 is 43.1 Å². The molecule has 0 saturated heterocycles. The van der Waals surface area contributed by atoms with Gasteiger partial charge in [0.15, 0.2) is 0 Å². The van der Waals surface area contributed by atoms with Gasteiger partial charge in [0.2, 0.25) is 0 Å². The van der Waals surface area contributed by atoms with Crippen LogP contribution in [0.3, 0.4) is 0 Å². The smallest absolute Gasteiger partial charge is 0.00137 e. The topological polar surface area (TPSA) is 0 Å². The van der Waals surface area contributed by atoms with Crippen LogP contribution in [0.5, 0.6) is 0 Å². The molecule has 0 fully saturated rings. The summed E-state index contributed by atoms with van der Waals surface area (Å²) in [5, 5.41) is 10.3. The monoisotopic (exact) mass is 730 g/mol. The molecule has 0 amide bonds. The van der Waals surface area contributed by atoms with Gasteiger partial charge in [-0.3, -0.25) is 0 Å². The first-order valence-corrected chi connectivity index (χ1v) is 20.3. The van der Waals surface area contributed by atoms with E-state index in [-0.39, 0.29) is 0 Å². The van der Waals surface area contributed by atoms with Gasteiger partial charge in [0.25, 0.3) is 0 Å². The molecule has 0 aromatic heterocycles. The number of hydrogen-bond donors (Lipinski definition) is 0. The van der Waals surface area contributed by atoms with Crippen molar-refractivity contribution in [1.82, 2.24) is 0 Å². The molecular weight excluding hydrogens is 697 g/mol. The van der Waals surface area contributed by atoms with Crippen LogP contribution < -0.4 is 0 Å². The van der Waals surface area contributed by atoms with Crippen molar-refractivity contribution in [2.75, 3.05) is 0 Å². The van der Waals surface area contributed by atoms with Crippen molar-refractivity contribution in [2.45, 2.75) is 0 Å². The normalized spacial score (nSPS) is 12.1. The maximum absolute atomic E-state index is 2.41. The van der Waals surface area contributed by atoms with Gasteiger partial charge in [-0.2, -0.15) is 0 Å². The highest BCUT2D eigenvalue weighted by Gasteiger charge is 2.28. The van der Waals surface area contributed by atoms with Crippen LogP contribution in [0.1, 0.15) is 0 Å². The third-order valence-electron chi connectivity index (χ3n) is 13.0. The van der Waals surface area contributed by atoms with Gasteiger partial charge < -0.3 is 0 Å². The molecule has 0 aliphatic heterocycles. The van der Waals surface area contributed by atoms with E-state index in [1.807, 2.05) is 0 Å². The summed E-state index contributed by atoms with van der Waals surface area (Å²) in [5.74, 6) is 0. The van der Waals surface area contributed by atoms with E-state index in [9.17, 15) is 0 Å². The summed E-state index contributed by atoms with van der Waals surface area (Å²) in [5.41, 5.74) is 20.5. The summed E-state index contributed by atoms with van der Waals surface area (Å²) in [4.78, 5) is 0. The van der Waals surface area contributed by atoms with Crippen molar-refractivity contribution in [2.24, 2.45) is 0 Å². The molecule has 0 spiro atoms. The molecular formula is C58H34. The lowest BCUT2D eigenvalue weighted by molar-refractivity contribution is 1.63. The minimum atomic E-state index is 1.22. The van der Waals surface area contributed by atoms with E-state index in [0.717, 1.165) is 0 Å². The van der Waals surface area contributed by atoms with Gasteiger partial charge in [0.05, 0.1) is 0 Å². The standard InChI is InChI=1S/C58H34/c1-3-15-35(16-4-1)37-23-11-29-51-55(37)57(49-33-31-47-41-21-9-7-19-39(41)43-25-13-27-45(49)53(43)47)52-30-12-24-38(36-17-5-2-6-18-36)56(52)58(51)50-34-32-48-42-22-10-8-20-40(42)44-26-14-28-46(50)54(44)48/h1-34H. The van der Waals surface area contributed by atoms with Crippen molar-refractivity contribution in [3.63, 3.8) is 0 Å². The third kappa shape index (κ3) is 4.24. The molecule has 0 radical (unpaired) electrons. The number of rotatable bonds is 4. The second kappa shape index (κ2) is 12.0. The number of hydrogen-bond acceptors (Lipinski definition) is 0. The fourth-order valence-corrected chi connectivity index (χ4v) is 10.7. The lowest BCUT2D eigenvalue weighted by atomic mass is 9.79. The second-order valence-electron chi connectivity index (χ2n) is 15.8. The molecule has 11 aromatic rings. The molecule has 0 nitrogen and oxygen atoms in total. The Hall–Kier alpha value is -7.54. The van der Waals surface area contributed by atoms with Crippen molar-refractivity contribution in [3.05, 3.63) is 206 Å². The predicted molar refractivity (Wildman–Crippen MR) is 247 cm³/mol. The fourth-order valence-electron chi connectivity index (χ4n) is 10.7. The molecule has 13 rings (SSSR count). The highest BCUT2D eigenvalue weighted by atomic mass is 14.3. The predicted octanol–water partition coefficient (Wildman–Crippen LogP) is 16.3. The van der Waals surface area contributed by atoms with E-state index in [0.29, 0.717) is 0 Å². The molecule has 2 aliphatic rings. The van der Waals surface area contributed by atoms with Gasteiger partial charge in [0.1, 0.15) is 0 Å². The summed E-state index contributed by atoms with van der Waals surface area (Å²) < 4.78 is 0. The maximum Gasteiger partial charge on any atom is -0.00137 e. The fraction of sp³-hybridized carbons (Fsp3) is 0. The molecule has 266 valence electrons. The lowest BCUT2D eigenvalue weighted by Gasteiger charge is -2.24. The Balaban J connectivity index is 1.25. The zero-order valence-electron chi connectivity index (χ0n) is 31.6. The van der Waals surface area contributed by atoms with Gasteiger partial charge in [0, 0.05) is 0 Å². The van der Waals surface area contributed by atoms with E-state index in [1.165, 1.54) is 132 Å². The molecule has 0 heteroatoms. The molecule has 0 N–H and O–H groups in total. The zero-order chi connectivity index (χ0) is 37.9. The summed E-state index contributed by atoms with van der Waals surface area (Å²) >= 11 is 0. The lowest BCUT2D eigenvalue weighted by Crippen LogP contribution is -1.96. The van der Waals surface area contributed by atoms with Crippen LogP contribution in [0.4, 0.5) is 0 Å². The van der Waals surface area contributed by atoms with Crippen LogP contribution in [-0.2, 0) is 0 Å². The zero-order valence-corrected chi connectivity index (χ0v) is 31.6. The molecule has 0 saturated carbocycles. The average Bonchev–Trinajstić information content (AvgIpc) is 3.81. The Labute approximate surface area is 336 Å². The number of fused-ring (bicyclic) bond motifs is 8. The summed E-state index contributed by atoms with van der Waals surface area (Å²) in [6.45, 7) is 0. The van der Waals surface area contributed by atoms with E-state index in [4.69, 9.17) is 0 Å². The van der Waals surface area contributed by atoms with Crippen LogP contribution >= 0.6 is 0 Å². The Kier molecular flexibility index (Phi) is 6.54. The van der Waals surface area contributed by atoms with E-state index < -0.39 is 0 Å². The van der Waals surface area contributed by atoms with Crippen LogP contribution in [0, 0.1) is 0 Å². The Morgan fingerprint density at radius 2 is 0.448 bits per heavy atom. The Morgan fingerprint density at radius 3 is 0.845 bits per heavy atom.